The molecule has 1 aliphatic rings. The number of fused-ring (bicyclic) bond motifs is 4. The van der Waals surface area contributed by atoms with E-state index < -0.39 is 0 Å². The average Bonchev–Trinajstić information content (AvgIpc) is 3.43. The summed E-state index contributed by atoms with van der Waals surface area (Å²) in [7, 11) is 0. The lowest BCUT2D eigenvalue weighted by atomic mass is 9.90. The van der Waals surface area contributed by atoms with Crippen LogP contribution in [0.4, 0.5) is 0 Å². The number of allylic oxidation sites excluding steroid dienone is 1. The molecule has 1 aliphatic carbocycles. The molecule has 0 unspecified atom stereocenters. The van der Waals surface area contributed by atoms with E-state index >= 15 is 0 Å². The summed E-state index contributed by atoms with van der Waals surface area (Å²) in [5.41, 5.74) is 9.12. The van der Waals surface area contributed by atoms with E-state index in [1.165, 1.54) is 43.7 Å². The Morgan fingerprint density at radius 3 is 1.80 bits per heavy atom. The van der Waals surface area contributed by atoms with Gasteiger partial charge in [-0.2, -0.15) is 0 Å². The summed E-state index contributed by atoms with van der Waals surface area (Å²) in [5, 5.41) is 5.28. The molecule has 2 heterocycles. The van der Waals surface area contributed by atoms with Gasteiger partial charge in [0.05, 0.1) is 11.0 Å². The van der Waals surface area contributed by atoms with Gasteiger partial charge in [-0.15, -0.1) is 0 Å². The molecular formula is C40H26N4. The Balaban J connectivity index is 1.22. The minimum Gasteiger partial charge on any atom is -0.309 e. The maximum absolute atomic E-state index is 4.93. The van der Waals surface area contributed by atoms with Crippen molar-refractivity contribution in [1.29, 1.82) is 0 Å². The molecular weight excluding hydrogens is 536 g/mol. The Kier molecular flexibility index (Phi) is 5.53. The first kappa shape index (κ1) is 24.7. The Hall–Kier alpha value is -5.87. The second-order valence-electron chi connectivity index (χ2n) is 11.2. The molecule has 4 nitrogen and oxygen atoms in total. The van der Waals surface area contributed by atoms with E-state index in [9.17, 15) is 0 Å². The molecule has 4 heteroatoms. The standard InChI is InChI=1S/C40H26N4/c1-3-11-27(12-4-1)38-41-39(28-13-5-2-6-14-28)43-40(42-38)29-21-23-31(24-22-29)44-34-20-8-7-18-32(34)37-33-19-10-16-26-15-9-17-30(36(26)33)25-35(37)44/h1-18,20-25H,19H2. The minimum absolute atomic E-state index is 0.654. The fraction of sp³-hybridized carbons (Fsp3) is 0.0250. The van der Waals surface area contributed by atoms with Gasteiger partial charge in [0.2, 0.25) is 0 Å². The van der Waals surface area contributed by atoms with Crippen molar-refractivity contribution in [1.82, 2.24) is 19.5 Å². The van der Waals surface area contributed by atoms with Crippen LogP contribution in [-0.4, -0.2) is 19.5 Å². The molecule has 0 bridgehead atoms. The highest BCUT2D eigenvalue weighted by molar-refractivity contribution is 6.17. The third-order valence-corrected chi connectivity index (χ3v) is 8.64. The minimum atomic E-state index is 0.654. The molecule has 0 aliphatic heterocycles. The zero-order chi connectivity index (χ0) is 29.0. The summed E-state index contributed by atoms with van der Waals surface area (Å²) in [6.07, 6.45) is 5.48. The van der Waals surface area contributed by atoms with E-state index in [1.54, 1.807) is 0 Å². The number of para-hydroxylation sites is 1. The molecule has 2 aromatic heterocycles. The van der Waals surface area contributed by atoms with Crippen molar-refractivity contribution < 1.29 is 0 Å². The zero-order valence-corrected chi connectivity index (χ0v) is 23.9. The predicted octanol–water partition coefficient (Wildman–Crippen LogP) is 9.69. The number of aromatic nitrogens is 4. The van der Waals surface area contributed by atoms with Crippen LogP contribution >= 0.6 is 0 Å². The number of benzene rings is 6. The van der Waals surface area contributed by atoms with E-state index in [2.05, 4.69) is 89.5 Å². The van der Waals surface area contributed by atoms with Crippen LogP contribution in [0, 0.1) is 0 Å². The fourth-order valence-electron chi connectivity index (χ4n) is 6.67. The molecule has 206 valence electrons. The third kappa shape index (κ3) is 3.89. The van der Waals surface area contributed by atoms with Gasteiger partial charge < -0.3 is 4.57 Å². The maximum Gasteiger partial charge on any atom is 0.164 e. The van der Waals surface area contributed by atoms with E-state index in [0.29, 0.717) is 17.5 Å². The van der Waals surface area contributed by atoms with Crippen LogP contribution in [0.3, 0.4) is 0 Å². The average molecular weight is 563 g/mol. The lowest BCUT2D eigenvalue weighted by Gasteiger charge is -2.15. The van der Waals surface area contributed by atoms with Crippen LogP contribution in [0.5, 0.6) is 0 Å². The summed E-state index contributed by atoms with van der Waals surface area (Å²) < 4.78 is 2.40. The van der Waals surface area contributed by atoms with Gasteiger partial charge in [0.1, 0.15) is 0 Å². The molecule has 8 aromatic rings. The lowest BCUT2D eigenvalue weighted by molar-refractivity contribution is 1.07. The van der Waals surface area contributed by atoms with Gasteiger partial charge in [-0.05, 0) is 64.7 Å². The first-order valence-corrected chi connectivity index (χ1v) is 14.9. The van der Waals surface area contributed by atoms with Crippen LogP contribution in [-0.2, 0) is 6.42 Å². The van der Waals surface area contributed by atoms with Gasteiger partial charge >= 0.3 is 0 Å². The van der Waals surface area contributed by atoms with Crippen molar-refractivity contribution in [2.45, 2.75) is 6.42 Å². The SMILES string of the molecule is C1=Cc2cccc3cc4c(c(c23)C1)c1ccccc1n4-c1ccc(-c2nc(-c3ccccc3)nc(-c3ccccc3)n2)cc1. The fourth-order valence-corrected chi connectivity index (χ4v) is 6.67. The van der Waals surface area contributed by atoms with Crippen molar-refractivity contribution in [2.75, 3.05) is 0 Å². The van der Waals surface area contributed by atoms with Crippen LogP contribution in [0.2, 0.25) is 0 Å². The van der Waals surface area contributed by atoms with Crippen molar-refractivity contribution in [3.63, 3.8) is 0 Å². The Morgan fingerprint density at radius 1 is 0.500 bits per heavy atom. The summed E-state index contributed by atoms with van der Waals surface area (Å²) in [6.45, 7) is 0. The molecule has 9 rings (SSSR count). The van der Waals surface area contributed by atoms with Gasteiger partial charge in [0.15, 0.2) is 17.5 Å². The third-order valence-electron chi connectivity index (χ3n) is 8.64. The zero-order valence-electron chi connectivity index (χ0n) is 23.9. The van der Waals surface area contributed by atoms with Gasteiger partial charge in [-0.1, -0.05) is 109 Å². The van der Waals surface area contributed by atoms with Crippen LogP contribution in [0.1, 0.15) is 11.1 Å². The number of hydrogen-bond acceptors (Lipinski definition) is 3. The van der Waals surface area contributed by atoms with Crippen molar-refractivity contribution in [2.24, 2.45) is 0 Å². The topological polar surface area (TPSA) is 43.6 Å². The maximum atomic E-state index is 4.93. The van der Waals surface area contributed by atoms with Gasteiger partial charge in [0.25, 0.3) is 0 Å². The number of hydrogen-bond donors (Lipinski definition) is 0. The Labute approximate surface area is 254 Å². The highest BCUT2D eigenvalue weighted by Crippen LogP contribution is 2.41. The van der Waals surface area contributed by atoms with Crippen LogP contribution in [0.25, 0.3) is 78.5 Å². The summed E-state index contributed by atoms with van der Waals surface area (Å²) in [5.74, 6) is 1.98. The largest absolute Gasteiger partial charge is 0.309 e. The second kappa shape index (κ2) is 9.85. The van der Waals surface area contributed by atoms with Crippen LogP contribution < -0.4 is 0 Å². The van der Waals surface area contributed by atoms with Crippen molar-refractivity contribution >= 4 is 38.7 Å². The summed E-state index contributed by atoms with van der Waals surface area (Å²) in [6, 6.07) is 46.5. The highest BCUT2D eigenvalue weighted by atomic mass is 15.0. The first-order valence-electron chi connectivity index (χ1n) is 14.9. The quantitative estimate of drug-likeness (QED) is 0.214. The molecule has 0 amide bonds. The molecule has 0 radical (unpaired) electrons. The summed E-state index contributed by atoms with van der Waals surface area (Å²) >= 11 is 0. The van der Waals surface area contributed by atoms with E-state index in [-0.39, 0.29) is 0 Å². The van der Waals surface area contributed by atoms with Gasteiger partial charge in [-0.3, -0.25) is 0 Å². The monoisotopic (exact) mass is 562 g/mol. The van der Waals surface area contributed by atoms with E-state index in [1.807, 2.05) is 60.7 Å². The molecule has 0 saturated carbocycles. The normalized spacial score (nSPS) is 12.4. The Bertz CT molecular complexity index is 2330. The number of nitrogens with zero attached hydrogens (tertiary/aromatic N) is 4. The smallest absolute Gasteiger partial charge is 0.164 e. The second-order valence-corrected chi connectivity index (χ2v) is 11.2. The van der Waals surface area contributed by atoms with Crippen LogP contribution in [0.15, 0.2) is 140 Å². The molecule has 0 atom stereocenters. The summed E-state index contributed by atoms with van der Waals surface area (Å²) in [4.78, 5) is 14.7. The number of rotatable bonds is 4. The Morgan fingerprint density at radius 2 is 1.11 bits per heavy atom. The lowest BCUT2D eigenvalue weighted by Crippen LogP contribution is -2.00. The molecule has 44 heavy (non-hydrogen) atoms. The molecule has 0 saturated heterocycles. The van der Waals surface area contributed by atoms with Crippen molar-refractivity contribution in [3.8, 4) is 39.9 Å². The van der Waals surface area contributed by atoms with E-state index in [4.69, 9.17) is 15.0 Å². The first-order chi connectivity index (χ1) is 21.8. The molecule has 0 fully saturated rings. The van der Waals surface area contributed by atoms with E-state index in [0.717, 1.165) is 28.8 Å². The van der Waals surface area contributed by atoms with Gasteiger partial charge in [-0.25, -0.2) is 15.0 Å². The van der Waals surface area contributed by atoms with Crippen molar-refractivity contribution in [3.05, 3.63) is 151 Å². The molecule has 0 spiro atoms. The van der Waals surface area contributed by atoms with Gasteiger partial charge in [0, 0.05) is 33.2 Å². The molecule has 0 N–H and O–H groups in total. The molecule has 6 aromatic carbocycles. The predicted molar refractivity (Wildman–Crippen MR) is 181 cm³/mol. The highest BCUT2D eigenvalue weighted by Gasteiger charge is 2.20.